The Morgan fingerprint density at radius 3 is 2.76 bits per heavy atom. The molecule has 2 amide bonds. The van der Waals surface area contributed by atoms with Gasteiger partial charge in [0, 0.05) is 30.1 Å². The monoisotopic (exact) mass is 508 g/mol. The van der Waals surface area contributed by atoms with Gasteiger partial charge in [0.05, 0.1) is 42.3 Å². The zero-order valence-corrected chi connectivity index (χ0v) is 20.9. The number of carbonyl (C=O) groups is 3. The van der Waals surface area contributed by atoms with Crippen molar-refractivity contribution in [2.75, 3.05) is 25.6 Å². The maximum Gasteiger partial charge on any atom is 0.407 e. The van der Waals surface area contributed by atoms with Crippen molar-refractivity contribution in [3.8, 4) is 17.0 Å². The number of fused-ring (bicyclic) bond motifs is 1. The van der Waals surface area contributed by atoms with Gasteiger partial charge < -0.3 is 29.8 Å². The number of carbonyl (C=O) groups excluding carboxylic acids is 3. The molecule has 0 atom stereocenters. The predicted molar refractivity (Wildman–Crippen MR) is 135 cm³/mol. The minimum atomic E-state index is -0.560. The number of aromatic nitrogens is 4. The summed E-state index contributed by atoms with van der Waals surface area (Å²) in [6.45, 7) is 6.10. The summed E-state index contributed by atoms with van der Waals surface area (Å²) in [6.07, 6.45) is 6.46. The summed E-state index contributed by atoms with van der Waals surface area (Å²) in [4.78, 5) is 43.8. The number of methoxy groups -OCH3 is 1. The largest absolute Gasteiger partial charge is 0.477 e. The second-order valence-electron chi connectivity index (χ2n) is 9.17. The molecule has 12 nitrogen and oxygen atoms in total. The standard InChI is InChI=1S/C25H28N6O6/c1-25(2,3)37-24(34)27-7-5-9-36-22-18(13-29-31-22)14-10-16-17(21(32)30-20(16)28-12-14)11-19-15(6-8-26-19)23(33)35-4/h6,8,10-13,26H,5,7,9H2,1-4H3,(H,27,34)(H,29,31)(H,28,30,32)/b17-11-. The first-order valence-corrected chi connectivity index (χ1v) is 11.6. The van der Waals surface area contributed by atoms with Crippen LogP contribution in [0.3, 0.4) is 0 Å². The van der Waals surface area contributed by atoms with Gasteiger partial charge in [0.1, 0.15) is 11.4 Å². The van der Waals surface area contributed by atoms with E-state index < -0.39 is 17.7 Å². The number of ether oxygens (including phenoxy) is 3. The Balaban J connectivity index is 1.46. The normalized spacial score (nSPS) is 13.7. The number of amides is 2. The van der Waals surface area contributed by atoms with Crippen LogP contribution in [0.4, 0.5) is 10.6 Å². The maximum absolute atomic E-state index is 12.7. The molecular weight excluding hydrogens is 480 g/mol. The van der Waals surface area contributed by atoms with Gasteiger partial charge in [-0.15, -0.1) is 0 Å². The maximum atomic E-state index is 12.7. The molecular formula is C25H28N6O6. The molecule has 4 heterocycles. The van der Waals surface area contributed by atoms with Crippen molar-refractivity contribution < 1.29 is 28.6 Å². The molecule has 4 rings (SSSR count). The number of nitrogens with one attached hydrogen (secondary N) is 4. The molecule has 0 spiro atoms. The molecule has 3 aromatic rings. The van der Waals surface area contributed by atoms with E-state index in [4.69, 9.17) is 14.2 Å². The second kappa shape index (κ2) is 10.6. The van der Waals surface area contributed by atoms with Crippen molar-refractivity contribution in [2.45, 2.75) is 32.8 Å². The van der Waals surface area contributed by atoms with Crippen molar-refractivity contribution in [1.29, 1.82) is 0 Å². The van der Waals surface area contributed by atoms with E-state index in [1.54, 1.807) is 57.6 Å². The molecule has 0 aliphatic carbocycles. The Kier molecular flexibility index (Phi) is 7.27. The highest BCUT2D eigenvalue weighted by molar-refractivity contribution is 6.34. The summed E-state index contributed by atoms with van der Waals surface area (Å²) in [5.41, 5.74) is 2.45. The molecule has 4 N–H and O–H groups in total. The molecule has 0 unspecified atom stereocenters. The summed E-state index contributed by atoms with van der Waals surface area (Å²) in [6, 6.07) is 3.38. The van der Waals surface area contributed by atoms with Crippen LogP contribution in [0.5, 0.6) is 5.88 Å². The Morgan fingerprint density at radius 1 is 1.19 bits per heavy atom. The first-order chi connectivity index (χ1) is 17.7. The van der Waals surface area contributed by atoms with E-state index >= 15 is 0 Å². The third kappa shape index (κ3) is 5.97. The molecule has 0 aromatic carbocycles. The smallest absolute Gasteiger partial charge is 0.407 e. The molecule has 12 heteroatoms. The van der Waals surface area contributed by atoms with Gasteiger partial charge in [-0.05, 0) is 45.4 Å². The van der Waals surface area contributed by atoms with Crippen molar-refractivity contribution in [3.05, 3.63) is 47.5 Å². The number of hydrogen-bond acceptors (Lipinski definition) is 8. The highest BCUT2D eigenvalue weighted by Gasteiger charge is 2.27. The number of alkyl carbamates (subject to hydrolysis) is 1. The molecule has 0 fully saturated rings. The SMILES string of the molecule is COC(=O)c1cc[nH]c1/C=C1\C(=O)Nc2ncc(-c3cn[nH]c3OCCCNC(=O)OC(C)(C)C)cc21. The van der Waals surface area contributed by atoms with Gasteiger partial charge in [-0.3, -0.25) is 4.79 Å². The van der Waals surface area contributed by atoms with E-state index in [0.29, 0.717) is 64.8 Å². The summed E-state index contributed by atoms with van der Waals surface area (Å²) in [5.74, 6) is -0.0177. The van der Waals surface area contributed by atoms with Crippen molar-refractivity contribution >= 4 is 35.4 Å². The number of aromatic amines is 2. The average Bonchev–Trinajstić information content (AvgIpc) is 3.56. The summed E-state index contributed by atoms with van der Waals surface area (Å²) in [5, 5.41) is 12.3. The lowest BCUT2D eigenvalue weighted by molar-refractivity contribution is -0.110. The Bertz CT molecular complexity index is 1350. The van der Waals surface area contributed by atoms with Gasteiger partial charge in [0.25, 0.3) is 5.91 Å². The Hall–Kier alpha value is -4.61. The van der Waals surface area contributed by atoms with E-state index in [2.05, 4.69) is 30.8 Å². The fourth-order valence-corrected chi connectivity index (χ4v) is 3.63. The van der Waals surface area contributed by atoms with Crippen LogP contribution < -0.4 is 15.4 Å². The zero-order valence-electron chi connectivity index (χ0n) is 20.9. The fourth-order valence-electron chi connectivity index (χ4n) is 3.63. The number of esters is 1. The van der Waals surface area contributed by atoms with E-state index in [-0.39, 0.29) is 5.91 Å². The van der Waals surface area contributed by atoms with Crippen molar-refractivity contribution in [3.63, 3.8) is 0 Å². The number of anilines is 1. The quantitative estimate of drug-likeness (QED) is 0.205. The van der Waals surface area contributed by atoms with E-state index in [9.17, 15) is 14.4 Å². The van der Waals surface area contributed by atoms with Crippen LogP contribution in [0.2, 0.25) is 0 Å². The zero-order chi connectivity index (χ0) is 26.6. The highest BCUT2D eigenvalue weighted by Crippen LogP contribution is 2.36. The number of H-pyrrole nitrogens is 2. The van der Waals surface area contributed by atoms with Gasteiger partial charge in [-0.2, -0.15) is 5.10 Å². The highest BCUT2D eigenvalue weighted by atomic mass is 16.6. The number of nitrogens with zero attached hydrogens (tertiary/aromatic N) is 2. The number of hydrogen-bond donors (Lipinski definition) is 4. The van der Waals surface area contributed by atoms with Crippen LogP contribution in [0.1, 0.15) is 48.8 Å². The lowest BCUT2D eigenvalue weighted by Crippen LogP contribution is -2.33. The molecule has 194 valence electrons. The van der Waals surface area contributed by atoms with Crippen LogP contribution >= 0.6 is 0 Å². The summed E-state index contributed by atoms with van der Waals surface area (Å²) < 4.78 is 15.8. The first-order valence-electron chi connectivity index (χ1n) is 11.6. The number of pyridine rings is 1. The van der Waals surface area contributed by atoms with Crippen molar-refractivity contribution in [1.82, 2.24) is 25.5 Å². The molecule has 1 aliphatic rings. The second-order valence-corrected chi connectivity index (χ2v) is 9.17. The predicted octanol–water partition coefficient (Wildman–Crippen LogP) is 3.37. The summed E-state index contributed by atoms with van der Waals surface area (Å²) >= 11 is 0. The summed E-state index contributed by atoms with van der Waals surface area (Å²) in [7, 11) is 1.29. The molecule has 0 saturated heterocycles. The van der Waals surface area contributed by atoms with E-state index in [1.807, 2.05) is 0 Å². The van der Waals surface area contributed by atoms with Gasteiger partial charge >= 0.3 is 12.1 Å². The lowest BCUT2D eigenvalue weighted by atomic mass is 10.0. The minimum absolute atomic E-state index is 0.312. The van der Waals surface area contributed by atoms with Crippen molar-refractivity contribution in [2.24, 2.45) is 0 Å². The average molecular weight is 509 g/mol. The first kappa shape index (κ1) is 25.5. The van der Waals surface area contributed by atoms with Crippen LogP contribution in [0, 0.1) is 0 Å². The molecule has 0 radical (unpaired) electrons. The van der Waals surface area contributed by atoms with Gasteiger partial charge in [-0.1, -0.05) is 0 Å². The molecule has 1 aliphatic heterocycles. The Morgan fingerprint density at radius 2 is 2.00 bits per heavy atom. The fraction of sp³-hybridized carbons (Fsp3) is 0.320. The van der Waals surface area contributed by atoms with E-state index in [0.717, 1.165) is 0 Å². The minimum Gasteiger partial charge on any atom is -0.477 e. The molecule has 0 bridgehead atoms. The molecule has 37 heavy (non-hydrogen) atoms. The van der Waals surface area contributed by atoms with Crippen LogP contribution in [0.15, 0.2) is 30.7 Å². The van der Waals surface area contributed by atoms with Gasteiger partial charge in [-0.25, -0.2) is 19.7 Å². The topological polar surface area (TPSA) is 160 Å². The number of rotatable bonds is 8. The van der Waals surface area contributed by atoms with Gasteiger partial charge in [0.2, 0.25) is 5.88 Å². The Labute approximate surface area is 212 Å². The van der Waals surface area contributed by atoms with Gasteiger partial charge in [0.15, 0.2) is 0 Å². The lowest BCUT2D eigenvalue weighted by Gasteiger charge is -2.19. The third-order valence-corrected chi connectivity index (χ3v) is 5.28. The molecule has 0 saturated carbocycles. The van der Waals surface area contributed by atoms with E-state index in [1.165, 1.54) is 7.11 Å². The van der Waals surface area contributed by atoms with Crippen LogP contribution in [0.25, 0.3) is 22.8 Å². The van der Waals surface area contributed by atoms with Crippen LogP contribution in [-0.4, -0.2) is 64.0 Å². The molecule has 3 aromatic heterocycles. The van der Waals surface area contributed by atoms with Crippen LogP contribution in [-0.2, 0) is 14.3 Å². The third-order valence-electron chi connectivity index (χ3n) is 5.28.